The van der Waals surface area contributed by atoms with Crippen LogP contribution in [-0.4, -0.2) is 0 Å². The molecule has 1 aliphatic rings. The van der Waals surface area contributed by atoms with Crippen molar-refractivity contribution in [3.63, 3.8) is 0 Å². The zero-order chi connectivity index (χ0) is 42.3. The number of fused-ring (bicyclic) bond motifs is 10. The molecular formula is C57H48F2N2. The van der Waals surface area contributed by atoms with Gasteiger partial charge in [0.2, 0.25) is 0 Å². The summed E-state index contributed by atoms with van der Waals surface area (Å²) in [7, 11) is 0. The van der Waals surface area contributed by atoms with Gasteiger partial charge in [-0.3, -0.25) is 0 Å². The molecule has 0 amide bonds. The van der Waals surface area contributed by atoms with Crippen LogP contribution in [-0.2, 0) is 5.41 Å². The minimum atomic E-state index is -0.443. The SMILES string of the molecule is CC(C)(C)C1(C(C)(C)C)c2c(ccc3cc(N(c4ccccc4)c4ccc(F)cc4)ccc23)-c2c1c1ccc(N(c3ccccc3)c3ccc(F)cc3)cc1c1ccccc21. The van der Waals surface area contributed by atoms with E-state index in [0.29, 0.717) is 0 Å². The van der Waals surface area contributed by atoms with E-state index in [1.54, 1.807) is 0 Å². The van der Waals surface area contributed by atoms with Crippen molar-refractivity contribution in [3.8, 4) is 11.1 Å². The van der Waals surface area contributed by atoms with Gasteiger partial charge in [0.1, 0.15) is 11.6 Å². The summed E-state index contributed by atoms with van der Waals surface area (Å²) in [6, 6.07) is 61.4. The lowest BCUT2D eigenvalue weighted by molar-refractivity contribution is 0.0977. The van der Waals surface area contributed by atoms with Gasteiger partial charge in [-0.1, -0.05) is 126 Å². The highest BCUT2D eigenvalue weighted by molar-refractivity contribution is 6.20. The van der Waals surface area contributed by atoms with Crippen molar-refractivity contribution in [1.29, 1.82) is 0 Å². The van der Waals surface area contributed by atoms with E-state index in [0.717, 1.165) is 39.5 Å². The van der Waals surface area contributed by atoms with Gasteiger partial charge in [0.05, 0.1) is 0 Å². The summed E-state index contributed by atoms with van der Waals surface area (Å²) in [6.07, 6.45) is 0. The van der Waals surface area contributed by atoms with Gasteiger partial charge >= 0.3 is 0 Å². The molecule has 0 spiro atoms. The van der Waals surface area contributed by atoms with E-state index in [2.05, 4.69) is 148 Å². The smallest absolute Gasteiger partial charge is 0.123 e. The summed E-state index contributed by atoms with van der Waals surface area (Å²) in [5.41, 5.74) is 10.2. The van der Waals surface area contributed by atoms with Crippen LogP contribution in [0.4, 0.5) is 42.9 Å². The Morgan fingerprint density at radius 2 is 0.803 bits per heavy atom. The predicted molar refractivity (Wildman–Crippen MR) is 253 cm³/mol. The fourth-order valence-corrected chi connectivity index (χ4v) is 11.0. The molecule has 0 N–H and O–H groups in total. The van der Waals surface area contributed by atoms with Crippen LogP contribution < -0.4 is 9.80 Å². The normalized spacial score (nSPS) is 13.4. The van der Waals surface area contributed by atoms with E-state index in [-0.39, 0.29) is 22.5 Å². The summed E-state index contributed by atoms with van der Waals surface area (Å²) in [5, 5.41) is 7.23. The van der Waals surface area contributed by atoms with E-state index in [4.69, 9.17) is 0 Å². The van der Waals surface area contributed by atoms with Crippen LogP contribution in [0, 0.1) is 22.5 Å². The van der Waals surface area contributed by atoms with Crippen molar-refractivity contribution in [3.05, 3.63) is 205 Å². The van der Waals surface area contributed by atoms with Crippen LogP contribution in [0.3, 0.4) is 0 Å². The molecule has 9 aromatic carbocycles. The minimum absolute atomic E-state index is 0.235. The number of anilines is 6. The zero-order valence-corrected chi connectivity index (χ0v) is 35.5. The molecule has 10 rings (SSSR count). The molecule has 9 aromatic rings. The third-order valence-corrected chi connectivity index (χ3v) is 13.0. The fraction of sp³-hybridized carbons (Fsp3) is 0.158. The van der Waals surface area contributed by atoms with Gasteiger partial charge in [-0.15, -0.1) is 0 Å². The first-order valence-electron chi connectivity index (χ1n) is 21.1. The standard InChI is InChI=1S/C57H48F2N2/c1-55(2,3)57(56(4,5)6)53-46-33-30-44(60(40-15-9-7-10-16-40)42-26-22-38(58)23-27-42)35-37(46)21-32-50(53)52-48-20-14-13-19-47(48)51-36-45(31-34-49(51)54(52)57)61(41-17-11-8-12-18-41)43-28-24-39(59)25-29-43/h7-36H,1-6H3. The van der Waals surface area contributed by atoms with Crippen molar-refractivity contribution in [2.75, 3.05) is 9.80 Å². The molecule has 0 aliphatic heterocycles. The van der Waals surface area contributed by atoms with Gasteiger partial charge in [0, 0.05) is 39.5 Å². The lowest BCUT2D eigenvalue weighted by Crippen LogP contribution is -2.50. The highest BCUT2D eigenvalue weighted by Crippen LogP contribution is 2.68. The van der Waals surface area contributed by atoms with Crippen LogP contribution in [0.1, 0.15) is 52.7 Å². The first-order valence-corrected chi connectivity index (χ1v) is 21.1. The molecule has 300 valence electrons. The maximum Gasteiger partial charge on any atom is 0.123 e. The molecule has 2 nitrogen and oxygen atoms in total. The molecule has 0 aromatic heterocycles. The van der Waals surface area contributed by atoms with E-state index >= 15 is 0 Å². The molecule has 0 bridgehead atoms. The van der Waals surface area contributed by atoms with Crippen molar-refractivity contribution in [2.45, 2.75) is 47.0 Å². The summed E-state index contributed by atoms with van der Waals surface area (Å²) < 4.78 is 28.6. The van der Waals surface area contributed by atoms with Gasteiger partial charge in [-0.05, 0) is 162 Å². The summed E-state index contributed by atoms with van der Waals surface area (Å²) in [5.74, 6) is -0.522. The molecule has 0 saturated heterocycles. The predicted octanol–water partition coefficient (Wildman–Crippen LogP) is 16.7. The van der Waals surface area contributed by atoms with Crippen molar-refractivity contribution in [1.82, 2.24) is 0 Å². The number of para-hydroxylation sites is 2. The Morgan fingerprint density at radius 1 is 0.361 bits per heavy atom. The first-order chi connectivity index (χ1) is 29.4. The lowest BCUT2D eigenvalue weighted by atomic mass is 9.49. The fourth-order valence-electron chi connectivity index (χ4n) is 11.0. The van der Waals surface area contributed by atoms with E-state index < -0.39 is 5.41 Å². The number of rotatable bonds is 6. The molecule has 61 heavy (non-hydrogen) atoms. The second kappa shape index (κ2) is 14.2. The monoisotopic (exact) mass is 798 g/mol. The molecule has 0 radical (unpaired) electrons. The Kier molecular flexibility index (Phi) is 8.92. The minimum Gasteiger partial charge on any atom is -0.310 e. The Labute approximate surface area is 357 Å². The molecule has 1 aliphatic carbocycles. The van der Waals surface area contributed by atoms with Crippen LogP contribution in [0.2, 0.25) is 0 Å². The summed E-state index contributed by atoms with van der Waals surface area (Å²) in [4.78, 5) is 4.41. The average Bonchev–Trinajstić information content (AvgIpc) is 3.60. The first kappa shape index (κ1) is 38.4. The van der Waals surface area contributed by atoms with Crippen molar-refractivity contribution < 1.29 is 8.78 Å². The van der Waals surface area contributed by atoms with Crippen LogP contribution in [0.5, 0.6) is 0 Å². The van der Waals surface area contributed by atoms with E-state index in [9.17, 15) is 8.78 Å². The Balaban J connectivity index is 1.26. The molecular weight excluding hydrogens is 751 g/mol. The Bertz CT molecular complexity index is 3090. The van der Waals surface area contributed by atoms with Gasteiger partial charge in [0.15, 0.2) is 0 Å². The maximum absolute atomic E-state index is 14.3. The number of benzene rings is 9. The van der Waals surface area contributed by atoms with Crippen LogP contribution in [0.25, 0.3) is 43.4 Å². The van der Waals surface area contributed by atoms with Crippen LogP contribution >= 0.6 is 0 Å². The largest absolute Gasteiger partial charge is 0.310 e. The summed E-state index contributed by atoms with van der Waals surface area (Å²) >= 11 is 0. The Morgan fingerprint density at radius 3 is 1.33 bits per heavy atom. The Hall–Kier alpha value is -6.78. The highest BCUT2D eigenvalue weighted by Gasteiger charge is 2.59. The van der Waals surface area contributed by atoms with Crippen LogP contribution in [0.15, 0.2) is 182 Å². The number of hydrogen-bond donors (Lipinski definition) is 0. The molecule has 0 heterocycles. The third kappa shape index (κ3) is 5.95. The molecule has 0 atom stereocenters. The van der Waals surface area contributed by atoms with Gasteiger partial charge in [-0.25, -0.2) is 8.78 Å². The highest BCUT2D eigenvalue weighted by atomic mass is 19.1. The third-order valence-electron chi connectivity index (χ3n) is 13.0. The second-order valence-electron chi connectivity index (χ2n) is 18.5. The molecule has 0 fully saturated rings. The topological polar surface area (TPSA) is 6.48 Å². The summed E-state index contributed by atoms with van der Waals surface area (Å²) in [6.45, 7) is 14.5. The van der Waals surface area contributed by atoms with Crippen molar-refractivity contribution in [2.24, 2.45) is 10.8 Å². The molecule has 0 saturated carbocycles. The van der Waals surface area contributed by atoms with Crippen molar-refractivity contribution >= 4 is 66.4 Å². The quantitative estimate of drug-likeness (QED) is 0.155. The maximum atomic E-state index is 14.3. The zero-order valence-electron chi connectivity index (χ0n) is 35.5. The number of hydrogen-bond acceptors (Lipinski definition) is 2. The molecule has 4 heteroatoms. The van der Waals surface area contributed by atoms with Gasteiger partial charge in [0.25, 0.3) is 0 Å². The average molecular weight is 799 g/mol. The second-order valence-corrected chi connectivity index (χ2v) is 18.5. The lowest BCUT2D eigenvalue weighted by Gasteiger charge is -2.54. The number of nitrogens with zero attached hydrogens (tertiary/aromatic N) is 2. The van der Waals surface area contributed by atoms with Gasteiger partial charge < -0.3 is 9.80 Å². The van der Waals surface area contributed by atoms with E-state index in [1.807, 2.05) is 60.7 Å². The van der Waals surface area contributed by atoms with Gasteiger partial charge in [-0.2, -0.15) is 0 Å². The number of halogens is 2. The molecule has 0 unspecified atom stereocenters. The van der Waals surface area contributed by atoms with E-state index in [1.165, 1.54) is 73.5 Å².